The Morgan fingerprint density at radius 2 is 2.16 bits per heavy atom. The molecule has 1 aromatic carbocycles. The van der Waals surface area contributed by atoms with E-state index in [2.05, 4.69) is 5.32 Å². The van der Waals surface area contributed by atoms with Crippen molar-refractivity contribution in [2.75, 3.05) is 17.6 Å². The first kappa shape index (κ1) is 15.6. The van der Waals surface area contributed by atoms with Crippen LogP contribution in [0.1, 0.15) is 13.3 Å². The minimum absolute atomic E-state index is 0.228. The number of nitrogens with two attached hydrogens (primary N) is 1. The highest BCUT2D eigenvalue weighted by molar-refractivity contribution is 7.92. The van der Waals surface area contributed by atoms with Crippen molar-refractivity contribution in [3.05, 3.63) is 30.1 Å². The minimum Gasteiger partial charge on any atom is -0.330 e. The van der Waals surface area contributed by atoms with Gasteiger partial charge < -0.3 is 11.1 Å². The number of anilines is 1. The van der Waals surface area contributed by atoms with Crippen molar-refractivity contribution in [3.63, 3.8) is 0 Å². The van der Waals surface area contributed by atoms with E-state index in [1.165, 1.54) is 25.1 Å². The summed E-state index contributed by atoms with van der Waals surface area (Å²) in [5.74, 6) is -1.82. The number of hydrogen-bond donors (Lipinski definition) is 2. The predicted molar refractivity (Wildman–Crippen MR) is 71.9 cm³/mol. The SMILES string of the molecule is CC(CCN)S(=O)(=O)CC(=O)Nc1cccc(F)c1. The summed E-state index contributed by atoms with van der Waals surface area (Å²) in [6, 6.07) is 5.26. The zero-order valence-electron chi connectivity index (χ0n) is 10.6. The predicted octanol–water partition coefficient (Wildman–Crippen LogP) is 0.916. The molecule has 0 aliphatic heterocycles. The van der Waals surface area contributed by atoms with Crippen molar-refractivity contribution in [3.8, 4) is 0 Å². The van der Waals surface area contributed by atoms with E-state index in [1.54, 1.807) is 0 Å². The Labute approximate surface area is 111 Å². The molecule has 1 aromatic rings. The summed E-state index contributed by atoms with van der Waals surface area (Å²) < 4.78 is 36.5. The van der Waals surface area contributed by atoms with Gasteiger partial charge in [0.25, 0.3) is 0 Å². The lowest BCUT2D eigenvalue weighted by atomic mass is 10.3. The Morgan fingerprint density at radius 1 is 1.47 bits per heavy atom. The number of halogens is 1. The lowest BCUT2D eigenvalue weighted by molar-refractivity contribution is -0.113. The van der Waals surface area contributed by atoms with E-state index in [4.69, 9.17) is 5.73 Å². The lowest BCUT2D eigenvalue weighted by Gasteiger charge is -2.11. The summed E-state index contributed by atoms with van der Waals surface area (Å²) in [4.78, 5) is 11.6. The first-order valence-corrected chi connectivity index (χ1v) is 7.54. The fourth-order valence-corrected chi connectivity index (χ4v) is 2.72. The second kappa shape index (κ2) is 6.63. The molecule has 0 spiro atoms. The average molecular weight is 288 g/mol. The average Bonchev–Trinajstić information content (AvgIpc) is 2.28. The van der Waals surface area contributed by atoms with Gasteiger partial charge in [0, 0.05) is 5.69 Å². The molecule has 0 aromatic heterocycles. The summed E-state index contributed by atoms with van der Waals surface area (Å²) in [7, 11) is -3.54. The summed E-state index contributed by atoms with van der Waals surface area (Å²) in [5, 5.41) is 1.68. The van der Waals surface area contributed by atoms with Crippen LogP contribution >= 0.6 is 0 Å². The topological polar surface area (TPSA) is 89.3 Å². The van der Waals surface area contributed by atoms with Gasteiger partial charge in [-0.05, 0) is 38.1 Å². The molecule has 0 saturated heterocycles. The highest BCUT2D eigenvalue weighted by atomic mass is 32.2. The van der Waals surface area contributed by atoms with Gasteiger partial charge in [0.1, 0.15) is 11.6 Å². The van der Waals surface area contributed by atoms with E-state index in [-0.39, 0.29) is 12.2 Å². The third-order valence-corrected chi connectivity index (χ3v) is 4.75. The first-order valence-electron chi connectivity index (χ1n) is 5.82. The molecule has 19 heavy (non-hydrogen) atoms. The highest BCUT2D eigenvalue weighted by Gasteiger charge is 2.23. The molecule has 0 aliphatic carbocycles. The normalized spacial score (nSPS) is 13.0. The number of benzene rings is 1. The lowest BCUT2D eigenvalue weighted by Crippen LogP contribution is -2.30. The van der Waals surface area contributed by atoms with Crippen LogP contribution in [-0.2, 0) is 14.6 Å². The third-order valence-electron chi connectivity index (χ3n) is 2.63. The molecule has 1 unspecified atom stereocenters. The van der Waals surface area contributed by atoms with Crippen LogP contribution in [0.2, 0.25) is 0 Å². The largest absolute Gasteiger partial charge is 0.330 e. The van der Waals surface area contributed by atoms with E-state index in [9.17, 15) is 17.6 Å². The fourth-order valence-electron chi connectivity index (χ4n) is 1.50. The number of amides is 1. The van der Waals surface area contributed by atoms with Crippen LogP contribution in [-0.4, -0.2) is 31.9 Å². The van der Waals surface area contributed by atoms with Gasteiger partial charge in [-0.15, -0.1) is 0 Å². The molecule has 0 bridgehead atoms. The maximum atomic E-state index is 12.9. The van der Waals surface area contributed by atoms with Gasteiger partial charge in [-0.3, -0.25) is 4.79 Å². The van der Waals surface area contributed by atoms with E-state index in [0.717, 1.165) is 6.07 Å². The van der Waals surface area contributed by atoms with Gasteiger partial charge in [-0.2, -0.15) is 0 Å². The second-order valence-electron chi connectivity index (χ2n) is 4.25. The number of hydrogen-bond acceptors (Lipinski definition) is 4. The maximum Gasteiger partial charge on any atom is 0.239 e. The fraction of sp³-hybridized carbons (Fsp3) is 0.417. The van der Waals surface area contributed by atoms with Crippen molar-refractivity contribution in [1.29, 1.82) is 0 Å². The van der Waals surface area contributed by atoms with Crippen LogP contribution in [0.4, 0.5) is 10.1 Å². The molecule has 106 valence electrons. The number of sulfone groups is 1. The Bertz CT molecular complexity index is 546. The molecule has 5 nitrogen and oxygen atoms in total. The Balaban J connectivity index is 2.65. The van der Waals surface area contributed by atoms with Crippen LogP contribution in [0.3, 0.4) is 0 Å². The summed E-state index contributed by atoms with van der Waals surface area (Å²) >= 11 is 0. The van der Waals surface area contributed by atoms with Crippen molar-refractivity contribution in [2.45, 2.75) is 18.6 Å². The maximum absolute atomic E-state index is 12.9. The number of carbonyl (C=O) groups is 1. The van der Waals surface area contributed by atoms with Gasteiger partial charge in [0.2, 0.25) is 5.91 Å². The second-order valence-corrected chi connectivity index (χ2v) is 6.67. The summed E-state index contributed by atoms with van der Waals surface area (Å²) in [6.07, 6.45) is 0.301. The molecule has 0 saturated carbocycles. The van der Waals surface area contributed by atoms with Crippen molar-refractivity contribution >= 4 is 21.4 Å². The molecule has 7 heteroatoms. The van der Waals surface area contributed by atoms with Crippen LogP contribution in [0, 0.1) is 5.82 Å². The molecule has 0 aliphatic rings. The molecule has 1 rings (SSSR count). The van der Waals surface area contributed by atoms with Crippen LogP contribution in [0.25, 0.3) is 0 Å². The summed E-state index contributed by atoms with van der Waals surface area (Å²) in [6.45, 7) is 1.75. The molecule has 0 fully saturated rings. The molecule has 1 amide bonds. The molecular formula is C12H17FN2O3S. The zero-order chi connectivity index (χ0) is 14.5. The molecule has 3 N–H and O–H groups in total. The number of rotatable bonds is 6. The van der Waals surface area contributed by atoms with Crippen LogP contribution in [0.15, 0.2) is 24.3 Å². The molecule has 0 radical (unpaired) electrons. The smallest absolute Gasteiger partial charge is 0.239 e. The highest BCUT2D eigenvalue weighted by Crippen LogP contribution is 2.11. The van der Waals surface area contributed by atoms with E-state index in [1.807, 2.05) is 0 Å². The number of carbonyl (C=O) groups excluding carboxylic acids is 1. The van der Waals surface area contributed by atoms with Gasteiger partial charge >= 0.3 is 0 Å². The van der Waals surface area contributed by atoms with Crippen molar-refractivity contribution in [1.82, 2.24) is 0 Å². The Morgan fingerprint density at radius 3 is 2.74 bits per heavy atom. The van der Waals surface area contributed by atoms with Gasteiger partial charge in [0.15, 0.2) is 9.84 Å². The quantitative estimate of drug-likeness (QED) is 0.814. The van der Waals surface area contributed by atoms with Crippen molar-refractivity contribution in [2.24, 2.45) is 5.73 Å². The van der Waals surface area contributed by atoms with E-state index < -0.39 is 32.6 Å². The standard InChI is InChI=1S/C12H17FN2O3S/c1-9(5-6-14)19(17,18)8-12(16)15-11-4-2-3-10(13)7-11/h2-4,7,9H,5-6,8,14H2,1H3,(H,15,16). The van der Waals surface area contributed by atoms with E-state index >= 15 is 0 Å². The summed E-state index contributed by atoms with van der Waals surface area (Å²) in [5.41, 5.74) is 5.52. The Hall–Kier alpha value is -1.47. The van der Waals surface area contributed by atoms with Crippen LogP contribution < -0.4 is 11.1 Å². The van der Waals surface area contributed by atoms with Gasteiger partial charge in [0.05, 0.1) is 5.25 Å². The van der Waals surface area contributed by atoms with E-state index in [0.29, 0.717) is 6.42 Å². The monoisotopic (exact) mass is 288 g/mol. The number of nitrogens with one attached hydrogen (secondary N) is 1. The van der Waals surface area contributed by atoms with Crippen molar-refractivity contribution < 1.29 is 17.6 Å². The molecule has 1 atom stereocenters. The van der Waals surface area contributed by atoms with Gasteiger partial charge in [-0.25, -0.2) is 12.8 Å². The third kappa shape index (κ3) is 4.96. The Kier molecular flexibility index (Phi) is 5.44. The minimum atomic E-state index is -3.54. The molecule has 0 heterocycles. The molecular weight excluding hydrogens is 271 g/mol. The first-order chi connectivity index (χ1) is 8.85. The zero-order valence-corrected chi connectivity index (χ0v) is 11.4. The van der Waals surface area contributed by atoms with Gasteiger partial charge in [-0.1, -0.05) is 6.07 Å². The van der Waals surface area contributed by atoms with Crippen LogP contribution in [0.5, 0.6) is 0 Å².